The van der Waals surface area contributed by atoms with E-state index in [1.165, 1.54) is 90.4 Å². The van der Waals surface area contributed by atoms with Gasteiger partial charge in [-0.2, -0.15) is 0 Å². The molecule has 1 unspecified atom stereocenters. The number of quaternary nitrogens is 1. The first kappa shape index (κ1) is 39.2. The first-order chi connectivity index (χ1) is 18.9. The summed E-state index contributed by atoms with van der Waals surface area (Å²) in [6.45, 7) is 4.05. The van der Waals surface area contributed by atoms with Crippen LogP contribution in [0, 0.1) is 0 Å². The molecule has 0 aliphatic heterocycles. The number of phosphoric acid groups is 1. The van der Waals surface area contributed by atoms with Gasteiger partial charge in [0.2, 0.25) is 0 Å². The van der Waals surface area contributed by atoms with Crippen LogP contribution in [0.25, 0.3) is 0 Å². The van der Waals surface area contributed by atoms with E-state index < -0.39 is 26.5 Å². The zero-order valence-corrected chi connectivity index (χ0v) is 27.2. The third-order valence-corrected chi connectivity index (χ3v) is 7.53. The second kappa shape index (κ2) is 24.7. The number of ether oxygens (including phenoxy) is 2. The number of phosphoric ester groups is 1. The summed E-state index contributed by atoms with van der Waals surface area (Å²) in [5.74, 6) is -1.07. The Kier molecular flexibility index (Phi) is 24.2. The van der Waals surface area contributed by atoms with Gasteiger partial charge in [0.15, 0.2) is 0 Å². The van der Waals surface area contributed by atoms with Gasteiger partial charge in [-0.15, -0.1) is 0 Å². The Bertz CT molecular complexity index is 683. The fourth-order valence-corrected chi connectivity index (χ4v) is 4.88. The van der Waals surface area contributed by atoms with Gasteiger partial charge in [0.05, 0.1) is 34.4 Å². The number of Topliss-reactive ketones (excluding diaryl/α,β-unsaturated/α-hetero) is 1. The largest absolute Gasteiger partial charge is 0.756 e. The van der Waals surface area contributed by atoms with E-state index in [-0.39, 0.29) is 25.4 Å². The Labute approximate surface area is 244 Å². The number of carbonyl (C=O) groups is 2. The first-order valence-electron chi connectivity index (χ1n) is 15.6. The highest BCUT2D eigenvalue weighted by atomic mass is 31.2. The van der Waals surface area contributed by atoms with E-state index in [0.717, 1.165) is 19.3 Å². The lowest BCUT2D eigenvalue weighted by Crippen LogP contribution is -2.37. The lowest BCUT2D eigenvalue weighted by Gasteiger charge is -2.28. The minimum atomic E-state index is -4.56. The number of rotatable bonds is 29. The maximum Gasteiger partial charge on any atom is 0.313 e. The van der Waals surface area contributed by atoms with Crippen molar-refractivity contribution < 1.29 is 42.1 Å². The van der Waals surface area contributed by atoms with Crippen LogP contribution in [-0.2, 0) is 32.7 Å². The molecule has 0 amide bonds. The molecule has 0 bridgehead atoms. The van der Waals surface area contributed by atoms with E-state index in [1.807, 2.05) is 21.1 Å². The van der Waals surface area contributed by atoms with Crippen molar-refractivity contribution in [1.29, 1.82) is 0 Å². The van der Waals surface area contributed by atoms with Crippen LogP contribution in [0.2, 0.25) is 0 Å². The maximum absolute atomic E-state index is 12.1. The van der Waals surface area contributed by atoms with Gasteiger partial charge in [-0.3, -0.25) is 14.2 Å². The Morgan fingerprint density at radius 3 is 1.65 bits per heavy atom. The number of hydrogen-bond donors (Lipinski definition) is 0. The molecule has 0 rings (SSSR count). The fourth-order valence-electron chi connectivity index (χ4n) is 4.15. The molecule has 40 heavy (non-hydrogen) atoms. The molecule has 0 fully saturated rings. The molecule has 0 radical (unpaired) electrons. The summed E-state index contributed by atoms with van der Waals surface area (Å²) in [7, 11) is 1.20. The second-order valence-electron chi connectivity index (χ2n) is 12.0. The van der Waals surface area contributed by atoms with Crippen molar-refractivity contribution in [2.24, 2.45) is 0 Å². The number of likely N-dealkylation sites (N-methyl/N-ethyl adjacent to an activating group) is 1. The van der Waals surface area contributed by atoms with Crippen molar-refractivity contribution in [2.45, 2.75) is 129 Å². The molecule has 0 saturated heterocycles. The molecule has 238 valence electrons. The molecule has 0 spiro atoms. The zero-order chi connectivity index (χ0) is 30.1. The van der Waals surface area contributed by atoms with Crippen molar-refractivity contribution in [3.63, 3.8) is 0 Å². The monoisotopic (exact) mass is 593 g/mol. The first-order valence-corrected chi connectivity index (χ1v) is 17.1. The molecule has 0 aromatic heterocycles. The summed E-state index contributed by atoms with van der Waals surface area (Å²) >= 11 is 0. The van der Waals surface area contributed by atoms with Gasteiger partial charge in [-0.25, -0.2) is 0 Å². The van der Waals surface area contributed by atoms with Crippen LogP contribution in [0.4, 0.5) is 0 Å². The maximum atomic E-state index is 12.1. The van der Waals surface area contributed by atoms with Crippen LogP contribution in [0.3, 0.4) is 0 Å². The van der Waals surface area contributed by atoms with Crippen LogP contribution < -0.4 is 4.89 Å². The van der Waals surface area contributed by atoms with Gasteiger partial charge in [0, 0.05) is 6.61 Å². The average Bonchev–Trinajstić information content (AvgIpc) is 2.85. The van der Waals surface area contributed by atoms with Gasteiger partial charge >= 0.3 is 5.97 Å². The molecule has 0 heterocycles. The Balaban J connectivity index is 3.98. The number of hydrogen-bond acceptors (Lipinski definition) is 8. The Hall–Kier alpha value is -0.830. The molecular formula is C30H60NO8P. The van der Waals surface area contributed by atoms with Gasteiger partial charge in [0.1, 0.15) is 31.5 Å². The summed E-state index contributed by atoms with van der Waals surface area (Å²) in [6.07, 6.45) is 19.3. The third-order valence-electron chi connectivity index (χ3n) is 6.57. The van der Waals surface area contributed by atoms with Gasteiger partial charge < -0.3 is 27.9 Å². The second-order valence-corrected chi connectivity index (χ2v) is 13.4. The number of ketones is 1. The van der Waals surface area contributed by atoms with Gasteiger partial charge in [-0.05, 0) is 13.3 Å². The SMILES string of the molecule is CCCCCCCCCCCCCCCCCCOC[C@@H](COP(=O)([O-])OCC[N+](C)(C)C)OC(=O)CC(C)=O. The quantitative estimate of drug-likeness (QED) is 0.0324. The highest BCUT2D eigenvalue weighted by molar-refractivity contribution is 7.45. The lowest BCUT2D eigenvalue weighted by atomic mass is 10.0. The molecular weight excluding hydrogens is 533 g/mol. The van der Waals surface area contributed by atoms with E-state index >= 15 is 0 Å². The van der Waals surface area contributed by atoms with Crippen molar-refractivity contribution in [1.82, 2.24) is 0 Å². The zero-order valence-electron chi connectivity index (χ0n) is 26.3. The van der Waals surface area contributed by atoms with E-state index in [1.54, 1.807) is 0 Å². The minimum Gasteiger partial charge on any atom is -0.756 e. The summed E-state index contributed by atoms with van der Waals surface area (Å²) in [6, 6.07) is 0. The smallest absolute Gasteiger partial charge is 0.313 e. The van der Waals surface area contributed by atoms with Crippen LogP contribution in [-0.4, -0.2) is 76.5 Å². The van der Waals surface area contributed by atoms with Crippen molar-refractivity contribution >= 4 is 19.6 Å². The van der Waals surface area contributed by atoms with Crippen LogP contribution >= 0.6 is 7.82 Å². The van der Waals surface area contributed by atoms with Crippen LogP contribution in [0.1, 0.15) is 123 Å². The lowest BCUT2D eigenvalue weighted by molar-refractivity contribution is -0.870. The van der Waals surface area contributed by atoms with E-state index in [4.69, 9.17) is 18.5 Å². The molecule has 0 aromatic rings. The summed E-state index contributed by atoms with van der Waals surface area (Å²) in [4.78, 5) is 35.2. The molecule has 2 atom stereocenters. The van der Waals surface area contributed by atoms with Crippen molar-refractivity contribution in [3.8, 4) is 0 Å². The Morgan fingerprint density at radius 2 is 1.20 bits per heavy atom. The van der Waals surface area contributed by atoms with Gasteiger partial charge in [-0.1, -0.05) is 103 Å². The van der Waals surface area contributed by atoms with E-state index in [0.29, 0.717) is 17.6 Å². The average molecular weight is 594 g/mol. The number of nitrogens with zero attached hydrogens (tertiary/aromatic N) is 1. The number of carbonyl (C=O) groups excluding carboxylic acids is 2. The normalized spacial score (nSPS) is 14.2. The topological polar surface area (TPSA) is 111 Å². The van der Waals surface area contributed by atoms with E-state index in [2.05, 4.69) is 6.92 Å². The number of unbranched alkanes of at least 4 members (excludes halogenated alkanes) is 15. The standard InChI is InChI=1S/C30H60NO8P/c1-6-7-8-9-10-11-12-13-14-15-16-17-18-19-20-21-23-36-26-29(39-30(33)25-28(2)32)27-38-40(34,35)37-24-22-31(3,4)5/h29H,6-27H2,1-5H3/t29-/m0/s1. The predicted molar refractivity (Wildman–Crippen MR) is 158 cm³/mol. The molecule has 9 nitrogen and oxygen atoms in total. The highest BCUT2D eigenvalue weighted by Crippen LogP contribution is 2.38. The van der Waals surface area contributed by atoms with Crippen LogP contribution in [0.15, 0.2) is 0 Å². The van der Waals surface area contributed by atoms with Crippen molar-refractivity contribution in [2.75, 3.05) is 54.1 Å². The molecule has 0 aromatic carbocycles. The minimum absolute atomic E-state index is 0.0126. The highest BCUT2D eigenvalue weighted by Gasteiger charge is 2.21. The van der Waals surface area contributed by atoms with Crippen molar-refractivity contribution in [3.05, 3.63) is 0 Å². The summed E-state index contributed by atoms with van der Waals surface area (Å²) < 4.78 is 33.3. The third kappa shape index (κ3) is 28.7. The molecule has 0 saturated carbocycles. The number of esters is 1. The predicted octanol–water partition coefficient (Wildman–Crippen LogP) is 6.36. The molecule has 10 heteroatoms. The van der Waals surface area contributed by atoms with E-state index in [9.17, 15) is 19.0 Å². The fraction of sp³-hybridized carbons (Fsp3) is 0.933. The summed E-state index contributed by atoms with van der Waals surface area (Å²) in [5, 5.41) is 0. The molecule has 0 aliphatic rings. The van der Waals surface area contributed by atoms with Gasteiger partial charge in [0.25, 0.3) is 7.82 Å². The molecule has 0 N–H and O–H groups in total. The Morgan fingerprint density at radius 1 is 0.725 bits per heavy atom. The summed E-state index contributed by atoms with van der Waals surface area (Å²) in [5.41, 5.74) is 0. The van der Waals surface area contributed by atoms with Crippen LogP contribution in [0.5, 0.6) is 0 Å². The molecule has 0 aliphatic carbocycles.